The number of amides is 1. The van der Waals surface area contributed by atoms with Crippen LogP contribution in [0.15, 0.2) is 48.5 Å². The van der Waals surface area contributed by atoms with Crippen molar-refractivity contribution in [1.29, 1.82) is 0 Å². The van der Waals surface area contributed by atoms with E-state index in [9.17, 15) is 31.1 Å². The maximum Gasteiger partial charge on any atom is 0.416 e. The number of halogens is 6. The van der Waals surface area contributed by atoms with Crippen molar-refractivity contribution in [3.8, 4) is 0 Å². The zero-order chi connectivity index (χ0) is 26.8. The van der Waals surface area contributed by atoms with Gasteiger partial charge in [0.05, 0.1) is 22.6 Å². The fourth-order valence-electron chi connectivity index (χ4n) is 5.89. The number of hydrogen-bond acceptors (Lipinski definition) is 2. The van der Waals surface area contributed by atoms with Crippen molar-refractivity contribution < 1.29 is 31.1 Å². The van der Waals surface area contributed by atoms with E-state index in [1.807, 2.05) is 30.3 Å². The topological polar surface area (TPSA) is 41.1 Å². The Labute approximate surface area is 213 Å². The normalized spacial score (nSPS) is 24.5. The fraction of sp³-hybridized carbons (Fsp3) is 0.536. The van der Waals surface area contributed by atoms with Gasteiger partial charge in [-0.3, -0.25) is 4.79 Å². The van der Waals surface area contributed by atoms with E-state index in [4.69, 9.17) is 0 Å². The van der Waals surface area contributed by atoms with Crippen molar-refractivity contribution in [2.24, 2.45) is 11.8 Å². The van der Waals surface area contributed by atoms with E-state index >= 15 is 0 Å². The molecule has 1 heterocycles. The van der Waals surface area contributed by atoms with Crippen LogP contribution in [0.1, 0.15) is 73.6 Å². The summed E-state index contributed by atoms with van der Waals surface area (Å²) in [6, 6.07) is 10.8. The van der Waals surface area contributed by atoms with E-state index < -0.39 is 40.8 Å². The van der Waals surface area contributed by atoms with Gasteiger partial charge in [-0.05, 0) is 99.7 Å². The first-order valence-electron chi connectivity index (χ1n) is 12.8. The van der Waals surface area contributed by atoms with Crippen LogP contribution in [0.2, 0.25) is 0 Å². The van der Waals surface area contributed by atoms with Gasteiger partial charge in [0.2, 0.25) is 5.91 Å². The Bertz CT molecular complexity index is 1040. The van der Waals surface area contributed by atoms with Crippen LogP contribution in [-0.2, 0) is 22.7 Å². The molecule has 4 rings (SSSR count). The summed E-state index contributed by atoms with van der Waals surface area (Å²) in [5.41, 5.74) is -2.97. The molecule has 1 aliphatic carbocycles. The molecule has 2 aromatic rings. The summed E-state index contributed by atoms with van der Waals surface area (Å²) in [6.45, 7) is 3.34. The summed E-state index contributed by atoms with van der Waals surface area (Å²) in [5, 5.41) is 6.45. The lowest BCUT2D eigenvalue weighted by Crippen LogP contribution is -2.50. The summed E-state index contributed by atoms with van der Waals surface area (Å²) in [5.74, 6) is -0.635. The number of alkyl halides is 6. The Balaban J connectivity index is 1.59. The highest BCUT2D eigenvalue weighted by atomic mass is 19.4. The van der Waals surface area contributed by atoms with Gasteiger partial charge in [0.1, 0.15) is 0 Å². The molecular weight excluding hydrogens is 494 g/mol. The lowest BCUT2D eigenvalue weighted by atomic mass is 9.67. The molecule has 9 heteroatoms. The van der Waals surface area contributed by atoms with Crippen LogP contribution in [0.25, 0.3) is 0 Å². The summed E-state index contributed by atoms with van der Waals surface area (Å²) < 4.78 is 80.2. The first-order chi connectivity index (χ1) is 17.4. The molecule has 1 aliphatic heterocycles. The Morgan fingerprint density at radius 3 is 1.89 bits per heavy atom. The van der Waals surface area contributed by atoms with Crippen molar-refractivity contribution in [2.75, 3.05) is 13.1 Å². The van der Waals surface area contributed by atoms with Crippen molar-refractivity contribution >= 4 is 5.91 Å². The molecule has 2 aliphatic rings. The molecule has 2 aromatic carbocycles. The molecule has 0 unspecified atom stereocenters. The standard InChI is InChI=1S/C28H32F6N2O/c1-18(21-15-23(27(29,30)31)17-24(16-21)28(32,33)34)25(37)36-26(22-5-3-2-4-6-22)11-7-19(8-12-26)20-9-13-35-14-10-20/h2-6,15-20,35H,7-14H2,1H3,(H,36,37)/t18-,19?,26?/m0/s1. The quantitative estimate of drug-likeness (QED) is 0.411. The second kappa shape index (κ2) is 10.7. The number of carbonyl (C=O) groups excluding carboxylic acids is 1. The van der Waals surface area contributed by atoms with Gasteiger partial charge in [-0.25, -0.2) is 0 Å². The second-order valence-electron chi connectivity index (χ2n) is 10.4. The maximum atomic E-state index is 13.4. The van der Waals surface area contributed by atoms with E-state index in [2.05, 4.69) is 10.6 Å². The lowest BCUT2D eigenvalue weighted by molar-refractivity contribution is -0.143. The predicted molar refractivity (Wildman–Crippen MR) is 129 cm³/mol. The van der Waals surface area contributed by atoms with Crippen LogP contribution in [0.4, 0.5) is 26.3 Å². The predicted octanol–water partition coefficient (Wildman–Crippen LogP) is 7.03. The van der Waals surface area contributed by atoms with E-state index in [-0.39, 0.29) is 11.6 Å². The average molecular weight is 527 g/mol. The highest BCUT2D eigenvalue weighted by Crippen LogP contribution is 2.44. The Hall–Kier alpha value is -2.55. The van der Waals surface area contributed by atoms with Crippen LogP contribution in [-0.4, -0.2) is 19.0 Å². The van der Waals surface area contributed by atoms with Crippen LogP contribution in [0, 0.1) is 11.8 Å². The number of hydrogen-bond donors (Lipinski definition) is 2. The van der Waals surface area contributed by atoms with E-state index in [1.165, 1.54) is 6.92 Å². The van der Waals surface area contributed by atoms with Crippen LogP contribution in [0.5, 0.6) is 0 Å². The van der Waals surface area contributed by atoms with Gasteiger partial charge in [-0.1, -0.05) is 30.3 Å². The summed E-state index contributed by atoms with van der Waals surface area (Å²) in [6.07, 6.45) is -4.57. The number of piperidine rings is 1. The third-order valence-corrected chi connectivity index (χ3v) is 8.13. The van der Waals surface area contributed by atoms with Crippen LogP contribution in [0.3, 0.4) is 0 Å². The third kappa shape index (κ3) is 6.30. The van der Waals surface area contributed by atoms with Crippen molar-refractivity contribution in [3.63, 3.8) is 0 Å². The smallest absolute Gasteiger partial charge is 0.346 e. The Morgan fingerprint density at radius 1 is 0.865 bits per heavy atom. The van der Waals surface area contributed by atoms with Crippen molar-refractivity contribution in [1.82, 2.24) is 10.6 Å². The van der Waals surface area contributed by atoms with Gasteiger partial charge < -0.3 is 10.6 Å². The Morgan fingerprint density at radius 2 is 1.38 bits per heavy atom. The Kier molecular flexibility index (Phi) is 7.93. The third-order valence-electron chi connectivity index (χ3n) is 8.13. The number of carbonyl (C=O) groups is 1. The number of rotatable bonds is 5. The first kappa shape index (κ1) is 27.5. The zero-order valence-corrected chi connectivity index (χ0v) is 20.7. The minimum Gasteiger partial charge on any atom is -0.346 e. The van der Waals surface area contributed by atoms with Gasteiger partial charge in [0.15, 0.2) is 0 Å². The minimum absolute atomic E-state index is 0.0850. The number of benzene rings is 2. The van der Waals surface area contributed by atoms with Gasteiger partial charge in [0, 0.05) is 0 Å². The molecule has 1 atom stereocenters. The summed E-state index contributed by atoms with van der Waals surface area (Å²) in [7, 11) is 0. The molecule has 37 heavy (non-hydrogen) atoms. The molecule has 0 aromatic heterocycles. The average Bonchev–Trinajstić information content (AvgIpc) is 2.88. The molecule has 0 spiro atoms. The van der Waals surface area contributed by atoms with Gasteiger partial charge in [-0.15, -0.1) is 0 Å². The molecule has 2 fully saturated rings. The molecule has 1 amide bonds. The zero-order valence-electron chi connectivity index (χ0n) is 20.7. The van der Waals surface area contributed by atoms with Gasteiger partial charge >= 0.3 is 12.4 Å². The molecule has 1 saturated carbocycles. The van der Waals surface area contributed by atoms with E-state index in [0.29, 0.717) is 36.8 Å². The number of nitrogens with one attached hydrogen (secondary N) is 2. The summed E-state index contributed by atoms with van der Waals surface area (Å²) in [4.78, 5) is 13.4. The highest BCUT2D eigenvalue weighted by Gasteiger charge is 2.42. The highest BCUT2D eigenvalue weighted by molar-refractivity contribution is 5.84. The SMILES string of the molecule is C[C@H](C(=O)NC1(c2ccccc2)CCC(C2CCNCC2)CC1)c1cc(C(F)(F)F)cc(C(F)(F)F)c1. The summed E-state index contributed by atoms with van der Waals surface area (Å²) >= 11 is 0. The fourth-order valence-corrected chi connectivity index (χ4v) is 5.89. The molecule has 2 N–H and O–H groups in total. The largest absolute Gasteiger partial charge is 0.416 e. The van der Waals surface area contributed by atoms with Crippen LogP contribution >= 0.6 is 0 Å². The van der Waals surface area contributed by atoms with Crippen LogP contribution < -0.4 is 10.6 Å². The molecule has 202 valence electrons. The second-order valence-corrected chi connectivity index (χ2v) is 10.4. The minimum atomic E-state index is -4.97. The van der Waals surface area contributed by atoms with Gasteiger partial charge in [-0.2, -0.15) is 26.3 Å². The maximum absolute atomic E-state index is 13.4. The molecule has 3 nitrogen and oxygen atoms in total. The van der Waals surface area contributed by atoms with E-state index in [0.717, 1.165) is 44.3 Å². The van der Waals surface area contributed by atoms with Gasteiger partial charge in [0.25, 0.3) is 0 Å². The first-order valence-corrected chi connectivity index (χ1v) is 12.8. The molecule has 0 bridgehead atoms. The molecular formula is C28H32F6N2O. The van der Waals surface area contributed by atoms with Crippen molar-refractivity contribution in [2.45, 2.75) is 69.3 Å². The molecule has 1 saturated heterocycles. The lowest BCUT2D eigenvalue weighted by Gasteiger charge is -2.44. The van der Waals surface area contributed by atoms with E-state index in [1.54, 1.807) is 0 Å². The monoisotopic (exact) mass is 526 g/mol. The van der Waals surface area contributed by atoms with Crippen molar-refractivity contribution in [3.05, 3.63) is 70.8 Å². The molecule has 0 radical (unpaired) electrons.